The maximum Gasteiger partial charge on any atom is 0.224 e. The van der Waals surface area contributed by atoms with Crippen molar-refractivity contribution in [3.05, 3.63) is 10.7 Å². The lowest BCUT2D eigenvalue weighted by Crippen LogP contribution is -2.46. The monoisotopic (exact) mass is 314 g/mol. The molecule has 5 nitrogen and oxygen atoms in total. The first-order valence-electron chi connectivity index (χ1n) is 6.27. The van der Waals surface area contributed by atoms with E-state index in [1.165, 1.54) is 0 Å². The van der Waals surface area contributed by atoms with E-state index in [4.69, 9.17) is 4.74 Å². The quantitative estimate of drug-likeness (QED) is 0.927. The summed E-state index contributed by atoms with van der Waals surface area (Å²) in [5.74, 6) is 1.60. The number of nitrogens with one attached hydrogen (secondary N) is 1. The molecule has 1 aliphatic rings. The molecule has 1 aromatic heterocycles. The maximum atomic E-state index is 5.74. The Morgan fingerprint density at radius 2 is 2.11 bits per heavy atom. The molecule has 6 heteroatoms. The van der Waals surface area contributed by atoms with Crippen LogP contribution in [0.5, 0.6) is 0 Å². The summed E-state index contributed by atoms with van der Waals surface area (Å²) < 4.78 is 6.66. The normalized spacial score (nSPS) is 24.1. The minimum atomic E-state index is 0.221. The number of ether oxygens (including phenoxy) is 1. The molecule has 2 unspecified atom stereocenters. The molecule has 0 bridgehead atoms. The Balaban J connectivity index is 2.22. The van der Waals surface area contributed by atoms with Gasteiger partial charge in [0.15, 0.2) is 0 Å². The Hall–Kier alpha value is -0.880. The number of morpholine rings is 1. The van der Waals surface area contributed by atoms with Crippen molar-refractivity contribution in [2.45, 2.75) is 33.0 Å². The van der Waals surface area contributed by atoms with E-state index in [1.54, 1.807) is 6.20 Å². The van der Waals surface area contributed by atoms with Gasteiger partial charge in [-0.3, -0.25) is 0 Å². The van der Waals surface area contributed by atoms with E-state index >= 15 is 0 Å². The summed E-state index contributed by atoms with van der Waals surface area (Å²) in [6, 6.07) is 0. The lowest BCUT2D eigenvalue weighted by molar-refractivity contribution is -0.00550. The molecular formula is C12H19BrN4O. The number of nitrogens with zero attached hydrogens (tertiary/aromatic N) is 3. The van der Waals surface area contributed by atoms with Crippen molar-refractivity contribution in [3.63, 3.8) is 0 Å². The van der Waals surface area contributed by atoms with E-state index in [2.05, 4.69) is 50.0 Å². The third-order valence-electron chi connectivity index (χ3n) is 2.78. The van der Waals surface area contributed by atoms with Crippen LogP contribution in [0.3, 0.4) is 0 Å². The average molecular weight is 315 g/mol. The second-order valence-corrected chi connectivity index (χ2v) is 5.41. The van der Waals surface area contributed by atoms with Crippen LogP contribution < -0.4 is 10.2 Å². The number of halogens is 1. The van der Waals surface area contributed by atoms with Crippen molar-refractivity contribution in [2.75, 3.05) is 29.9 Å². The molecule has 0 saturated carbocycles. The molecule has 18 heavy (non-hydrogen) atoms. The standard InChI is InChI=1S/C12H19BrN4O/c1-4-14-12-15-5-10(13)11(16-12)17-6-8(2)18-9(3)7-17/h5,8-9H,4,6-7H2,1-3H3,(H,14,15,16). The molecule has 2 heterocycles. The molecule has 1 saturated heterocycles. The van der Waals surface area contributed by atoms with Gasteiger partial charge in [0.25, 0.3) is 0 Å². The molecule has 2 rings (SSSR count). The zero-order chi connectivity index (χ0) is 13.1. The summed E-state index contributed by atoms with van der Waals surface area (Å²) in [7, 11) is 0. The third kappa shape index (κ3) is 3.11. The summed E-state index contributed by atoms with van der Waals surface area (Å²) in [5, 5.41) is 3.14. The second kappa shape index (κ2) is 5.84. The predicted molar refractivity (Wildman–Crippen MR) is 76.1 cm³/mol. The molecule has 1 aliphatic heterocycles. The van der Waals surface area contributed by atoms with E-state index in [0.29, 0.717) is 5.95 Å². The fourth-order valence-electron chi connectivity index (χ4n) is 2.17. The van der Waals surface area contributed by atoms with Crippen LogP contribution in [0.15, 0.2) is 10.7 Å². The van der Waals surface area contributed by atoms with Crippen molar-refractivity contribution >= 4 is 27.7 Å². The lowest BCUT2D eigenvalue weighted by Gasteiger charge is -2.36. The maximum absolute atomic E-state index is 5.74. The van der Waals surface area contributed by atoms with Crippen molar-refractivity contribution in [3.8, 4) is 0 Å². The van der Waals surface area contributed by atoms with Crippen LogP contribution in [0, 0.1) is 0 Å². The summed E-state index contributed by atoms with van der Waals surface area (Å²) in [6.07, 6.45) is 2.24. The Kier molecular flexibility index (Phi) is 4.40. The molecule has 0 radical (unpaired) electrons. The Bertz CT molecular complexity index is 405. The van der Waals surface area contributed by atoms with Crippen molar-refractivity contribution in [1.29, 1.82) is 0 Å². The molecule has 100 valence electrons. The van der Waals surface area contributed by atoms with Gasteiger partial charge in [-0.25, -0.2) is 4.98 Å². The van der Waals surface area contributed by atoms with Crippen LogP contribution in [0.2, 0.25) is 0 Å². The van der Waals surface area contributed by atoms with Gasteiger partial charge in [0.2, 0.25) is 5.95 Å². The van der Waals surface area contributed by atoms with Gasteiger partial charge in [-0.1, -0.05) is 0 Å². The van der Waals surface area contributed by atoms with Gasteiger partial charge < -0.3 is 15.0 Å². The number of hydrogen-bond acceptors (Lipinski definition) is 5. The van der Waals surface area contributed by atoms with Gasteiger partial charge in [-0.2, -0.15) is 4.98 Å². The highest BCUT2D eigenvalue weighted by molar-refractivity contribution is 9.10. The molecule has 0 aromatic carbocycles. The fourth-order valence-corrected chi connectivity index (χ4v) is 2.62. The Morgan fingerprint density at radius 1 is 1.44 bits per heavy atom. The zero-order valence-corrected chi connectivity index (χ0v) is 12.6. The summed E-state index contributed by atoms with van der Waals surface area (Å²) in [5.41, 5.74) is 0. The van der Waals surface area contributed by atoms with Crippen LogP contribution in [0.1, 0.15) is 20.8 Å². The Labute approximate surface area is 116 Å². The van der Waals surface area contributed by atoms with Gasteiger partial charge in [-0.15, -0.1) is 0 Å². The van der Waals surface area contributed by atoms with Crippen LogP contribution in [-0.2, 0) is 4.74 Å². The minimum absolute atomic E-state index is 0.221. The van der Waals surface area contributed by atoms with E-state index in [0.717, 1.165) is 29.9 Å². The largest absolute Gasteiger partial charge is 0.372 e. The van der Waals surface area contributed by atoms with Gasteiger partial charge in [-0.05, 0) is 36.7 Å². The second-order valence-electron chi connectivity index (χ2n) is 4.56. The number of rotatable bonds is 3. The van der Waals surface area contributed by atoms with Crippen LogP contribution in [-0.4, -0.2) is 41.8 Å². The average Bonchev–Trinajstić information content (AvgIpc) is 2.30. The number of anilines is 2. The summed E-state index contributed by atoms with van der Waals surface area (Å²) in [6.45, 7) is 8.73. The number of aromatic nitrogens is 2. The van der Waals surface area contributed by atoms with Crippen molar-refractivity contribution in [2.24, 2.45) is 0 Å². The van der Waals surface area contributed by atoms with E-state index < -0.39 is 0 Å². The summed E-state index contributed by atoms with van der Waals surface area (Å²) >= 11 is 3.52. The SMILES string of the molecule is CCNc1ncc(Br)c(N2CC(C)OC(C)C2)n1. The molecular weight excluding hydrogens is 296 g/mol. The van der Waals surface area contributed by atoms with Crippen molar-refractivity contribution in [1.82, 2.24) is 9.97 Å². The Morgan fingerprint density at radius 3 is 2.72 bits per heavy atom. The first-order valence-corrected chi connectivity index (χ1v) is 7.06. The minimum Gasteiger partial charge on any atom is -0.372 e. The highest BCUT2D eigenvalue weighted by Gasteiger charge is 2.24. The fraction of sp³-hybridized carbons (Fsp3) is 0.667. The van der Waals surface area contributed by atoms with E-state index in [9.17, 15) is 0 Å². The highest BCUT2D eigenvalue weighted by Crippen LogP contribution is 2.27. The van der Waals surface area contributed by atoms with Gasteiger partial charge in [0, 0.05) is 25.8 Å². The zero-order valence-electron chi connectivity index (χ0n) is 11.0. The molecule has 2 atom stereocenters. The summed E-state index contributed by atoms with van der Waals surface area (Å²) in [4.78, 5) is 11.0. The van der Waals surface area contributed by atoms with Crippen LogP contribution in [0.4, 0.5) is 11.8 Å². The highest BCUT2D eigenvalue weighted by atomic mass is 79.9. The smallest absolute Gasteiger partial charge is 0.224 e. The molecule has 1 aromatic rings. The number of hydrogen-bond donors (Lipinski definition) is 1. The predicted octanol–water partition coefficient (Wildman–Crippen LogP) is 2.28. The molecule has 0 aliphatic carbocycles. The van der Waals surface area contributed by atoms with Crippen molar-refractivity contribution < 1.29 is 4.74 Å². The first-order chi connectivity index (χ1) is 8.60. The van der Waals surface area contributed by atoms with Crippen LogP contribution in [0.25, 0.3) is 0 Å². The molecule has 0 spiro atoms. The van der Waals surface area contributed by atoms with Gasteiger partial charge >= 0.3 is 0 Å². The van der Waals surface area contributed by atoms with Gasteiger partial charge in [0.05, 0.1) is 16.7 Å². The van der Waals surface area contributed by atoms with Gasteiger partial charge in [0.1, 0.15) is 5.82 Å². The lowest BCUT2D eigenvalue weighted by atomic mass is 10.2. The van der Waals surface area contributed by atoms with Crippen LogP contribution >= 0.6 is 15.9 Å². The van der Waals surface area contributed by atoms with E-state index in [-0.39, 0.29) is 12.2 Å². The molecule has 1 fully saturated rings. The third-order valence-corrected chi connectivity index (χ3v) is 3.34. The molecule has 1 N–H and O–H groups in total. The topological polar surface area (TPSA) is 50.3 Å². The molecule has 0 amide bonds. The first kappa shape index (κ1) is 13.5. The van der Waals surface area contributed by atoms with E-state index in [1.807, 2.05) is 6.92 Å².